The van der Waals surface area contributed by atoms with Gasteiger partial charge in [-0.05, 0) is 44.2 Å². The third-order valence-corrected chi connectivity index (χ3v) is 4.33. The summed E-state index contributed by atoms with van der Waals surface area (Å²) in [7, 11) is 0. The van der Waals surface area contributed by atoms with Gasteiger partial charge in [-0.1, -0.05) is 0 Å². The first-order valence-corrected chi connectivity index (χ1v) is 5.97. The van der Waals surface area contributed by atoms with Crippen LogP contribution in [0.1, 0.15) is 19.3 Å². The number of piperidine rings is 3. The van der Waals surface area contributed by atoms with Crippen molar-refractivity contribution in [2.45, 2.75) is 31.4 Å². The van der Waals surface area contributed by atoms with Crippen molar-refractivity contribution in [3.63, 3.8) is 0 Å². The molecule has 0 aromatic carbocycles. The quantitative estimate of drug-likeness (QED) is 0.622. The summed E-state index contributed by atoms with van der Waals surface area (Å²) < 4.78 is 0. The fourth-order valence-corrected chi connectivity index (χ4v) is 3.37. The highest BCUT2D eigenvalue weighted by molar-refractivity contribution is 4.99. The van der Waals surface area contributed by atoms with Crippen molar-refractivity contribution in [2.24, 2.45) is 11.8 Å². The van der Waals surface area contributed by atoms with Gasteiger partial charge in [0.25, 0.3) is 0 Å². The maximum absolute atomic E-state index is 9.70. The third-order valence-electron chi connectivity index (χ3n) is 4.33. The van der Waals surface area contributed by atoms with Crippen molar-refractivity contribution in [2.75, 3.05) is 26.2 Å². The van der Waals surface area contributed by atoms with Gasteiger partial charge in [0.05, 0.1) is 6.10 Å². The molecule has 14 heavy (non-hydrogen) atoms. The van der Waals surface area contributed by atoms with E-state index in [1.54, 1.807) is 0 Å². The molecule has 1 aliphatic carbocycles. The molecule has 0 radical (unpaired) electrons. The van der Waals surface area contributed by atoms with Gasteiger partial charge in [-0.15, -0.1) is 0 Å². The first-order chi connectivity index (χ1) is 6.84. The van der Waals surface area contributed by atoms with Gasteiger partial charge < -0.3 is 10.4 Å². The molecule has 0 aromatic rings. The summed E-state index contributed by atoms with van der Waals surface area (Å²) in [5.74, 6) is 1.20. The van der Waals surface area contributed by atoms with E-state index in [1.165, 1.54) is 32.4 Å². The molecule has 4 fully saturated rings. The molecule has 3 heteroatoms. The van der Waals surface area contributed by atoms with Gasteiger partial charge in [-0.2, -0.15) is 0 Å². The molecule has 3 saturated heterocycles. The van der Waals surface area contributed by atoms with Gasteiger partial charge in [-0.3, -0.25) is 4.90 Å². The predicted octanol–water partition coefficient (Wildman–Crippen LogP) is 0.0510. The van der Waals surface area contributed by atoms with Gasteiger partial charge in [0.2, 0.25) is 0 Å². The minimum Gasteiger partial charge on any atom is -0.392 e. The largest absolute Gasteiger partial charge is 0.392 e. The van der Waals surface area contributed by atoms with Crippen molar-refractivity contribution in [3.8, 4) is 0 Å². The number of aliphatic hydroxyl groups is 1. The van der Waals surface area contributed by atoms with Crippen LogP contribution in [0.15, 0.2) is 0 Å². The first-order valence-electron chi connectivity index (χ1n) is 5.97. The van der Waals surface area contributed by atoms with Gasteiger partial charge in [0, 0.05) is 19.1 Å². The summed E-state index contributed by atoms with van der Waals surface area (Å²) in [6.07, 6.45) is 3.92. The van der Waals surface area contributed by atoms with Crippen LogP contribution in [-0.2, 0) is 0 Å². The van der Waals surface area contributed by atoms with Crippen LogP contribution in [0.4, 0.5) is 0 Å². The maximum atomic E-state index is 9.70. The number of rotatable bonds is 1. The van der Waals surface area contributed by atoms with Gasteiger partial charge in [0.1, 0.15) is 0 Å². The Hall–Kier alpha value is -0.120. The summed E-state index contributed by atoms with van der Waals surface area (Å²) in [6, 6.07) is 0.800. The lowest BCUT2D eigenvalue weighted by molar-refractivity contribution is -0.119. The maximum Gasteiger partial charge on any atom is 0.0621 e. The smallest absolute Gasteiger partial charge is 0.0621 e. The number of hydrogen-bond donors (Lipinski definition) is 2. The topological polar surface area (TPSA) is 35.5 Å². The number of nitrogens with one attached hydrogen (secondary N) is 1. The predicted molar refractivity (Wildman–Crippen MR) is 55.1 cm³/mol. The van der Waals surface area contributed by atoms with Crippen LogP contribution in [0.2, 0.25) is 0 Å². The molecule has 3 nitrogen and oxygen atoms in total. The Morgan fingerprint density at radius 1 is 1.07 bits per heavy atom. The number of hydrogen-bond acceptors (Lipinski definition) is 3. The summed E-state index contributed by atoms with van der Waals surface area (Å²) >= 11 is 0. The molecule has 80 valence electrons. The summed E-state index contributed by atoms with van der Waals surface area (Å²) in [6.45, 7) is 4.67. The minimum atomic E-state index is 0.0352. The van der Waals surface area contributed by atoms with Crippen LogP contribution in [0, 0.1) is 11.8 Å². The molecule has 3 heterocycles. The van der Waals surface area contributed by atoms with Crippen LogP contribution >= 0.6 is 0 Å². The Morgan fingerprint density at radius 3 is 2.29 bits per heavy atom. The third kappa shape index (κ3) is 1.38. The monoisotopic (exact) mass is 196 g/mol. The molecule has 0 amide bonds. The fraction of sp³-hybridized carbons (Fsp3) is 1.00. The van der Waals surface area contributed by atoms with Crippen LogP contribution in [0.5, 0.6) is 0 Å². The van der Waals surface area contributed by atoms with Crippen molar-refractivity contribution >= 4 is 0 Å². The Kier molecular flexibility index (Phi) is 2.26. The zero-order chi connectivity index (χ0) is 9.54. The van der Waals surface area contributed by atoms with E-state index in [2.05, 4.69) is 10.2 Å². The molecular formula is C11H20N2O. The SMILES string of the molecule is OC1[C@@H]2C[C@H]1CN(C1CCNCC1)C2. The summed E-state index contributed by atoms with van der Waals surface area (Å²) in [4.78, 5) is 2.63. The highest BCUT2D eigenvalue weighted by Gasteiger charge is 2.46. The van der Waals surface area contributed by atoms with Crippen molar-refractivity contribution in [1.82, 2.24) is 10.2 Å². The van der Waals surface area contributed by atoms with Crippen LogP contribution in [-0.4, -0.2) is 48.3 Å². The second-order valence-electron chi connectivity index (χ2n) is 5.18. The molecule has 0 spiro atoms. The standard InChI is InChI=1S/C11H20N2O/c14-11-8-5-9(11)7-13(6-8)10-1-3-12-4-2-10/h8-12,14H,1-7H2/t8-,9+,11?. The number of nitrogens with zero attached hydrogens (tertiary/aromatic N) is 1. The zero-order valence-electron chi connectivity index (χ0n) is 8.65. The molecule has 4 aliphatic rings. The molecular weight excluding hydrogens is 176 g/mol. The van der Waals surface area contributed by atoms with E-state index in [1.807, 2.05) is 0 Å². The summed E-state index contributed by atoms with van der Waals surface area (Å²) in [5, 5.41) is 13.1. The van der Waals surface area contributed by atoms with E-state index in [0.29, 0.717) is 11.8 Å². The minimum absolute atomic E-state index is 0.0352. The molecule has 2 bridgehead atoms. The molecule has 3 aliphatic heterocycles. The number of fused-ring (bicyclic) bond motifs is 2. The molecule has 1 unspecified atom stereocenters. The molecule has 3 atom stereocenters. The Morgan fingerprint density at radius 2 is 1.71 bits per heavy atom. The highest BCUT2D eigenvalue weighted by Crippen LogP contribution is 2.41. The lowest BCUT2D eigenvalue weighted by atomic mass is 9.67. The fourth-order valence-electron chi connectivity index (χ4n) is 3.37. The van der Waals surface area contributed by atoms with Crippen molar-refractivity contribution in [1.29, 1.82) is 0 Å². The normalized spacial score (nSPS) is 44.8. The Balaban J connectivity index is 1.59. The van der Waals surface area contributed by atoms with E-state index in [0.717, 1.165) is 19.1 Å². The second kappa shape index (κ2) is 3.47. The zero-order valence-corrected chi connectivity index (χ0v) is 8.65. The first kappa shape index (κ1) is 9.13. The lowest BCUT2D eigenvalue weighted by Gasteiger charge is -2.53. The molecule has 1 saturated carbocycles. The molecule has 2 N–H and O–H groups in total. The van der Waals surface area contributed by atoms with Crippen LogP contribution in [0.3, 0.4) is 0 Å². The Labute approximate surface area is 85.5 Å². The van der Waals surface area contributed by atoms with E-state index >= 15 is 0 Å². The second-order valence-corrected chi connectivity index (χ2v) is 5.18. The highest BCUT2D eigenvalue weighted by atomic mass is 16.3. The molecule has 4 rings (SSSR count). The van der Waals surface area contributed by atoms with E-state index in [-0.39, 0.29) is 6.10 Å². The van der Waals surface area contributed by atoms with E-state index < -0.39 is 0 Å². The average molecular weight is 196 g/mol. The van der Waals surface area contributed by atoms with Crippen molar-refractivity contribution < 1.29 is 5.11 Å². The van der Waals surface area contributed by atoms with Crippen LogP contribution < -0.4 is 5.32 Å². The van der Waals surface area contributed by atoms with Gasteiger partial charge in [0.15, 0.2) is 0 Å². The lowest BCUT2D eigenvalue weighted by Crippen LogP contribution is -2.61. The van der Waals surface area contributed by atoms with Gasteiger partial charge in [-0.25, -0.2) is 0 Å². The Bertz CT molecular complexity index is 203. The molecule has 0 aromatic heterocycles. The van der Waals surface area contributed by atoms with E-state index in [9.17, 15) is 5.11 Å². The average Bonchev–Trinajstić information content (AvgIpc) is 2.30. The summed E-state index contributed by atoms with van der Waals surface area (Å²) in [5.41, 5.74) is 0. The van der Waals surface area contributed by atoms with Crippen LogP contribution in [0.25, 0.3) is 0 Å². The van der Waals surface area contributed by atoms with Crippen molar-refractivity contribution in [3.05, 3.63) is 0 Å². The number of aliphatic hydroxyl groups excluding tert-OH is 1. The van der Waals surface area contributed by atoms with E-state index in [4.69, 9.17) is 0 Å². The van der Waals surface area contributed by atoms with Gasteiger partial charge >= 0.3 is 0 Å².